The Labute approximate surface area is 132 Å². The lowest BCUT2D eigenvalue weighted by Crippen LogP contribution is -2.11. The Morgan fingerprint density at radius 2 is 2.17 bits per heavy atom. The summed E-state index contributed by atoms with van der Waals surface area (Å²) in [6.45, 7) is 0. The van der Waals surface area contributed by atoms with Crippen LogP contribution in [-0.4, -0.2) is 21.1 Å². The maximum atomic E-state index is 14.9. The molecule has 1 aromatic carbocycles. The number of rotatable bonds is 6. The van der Waals surface area contributed by atoms with E-state index in [2.05, 4.69) is 15.2 Å². The molecule has 1 atom stereocenters. The van der Waals surface area contributed by atoms with Crippen LogP contribution >= 0.6 is 0 Å². The fraction of sp³-hybridized carbons (Fsp3) is 0.235. The van der Waals surface area contributed by atoms with Gasteiger partial charge in [0.1, 0.15) is 5.82 Å². The molecule has 3 aromatic rings. The smallest absolute Gasteiger partial charge is 0.217 e. The maximum Gasteiger partial charge on any atom is 0.217 e. The number of nitrogens with one attached hydrogen (secondary N) is 1. The molecule has 118 valence electrons. The standard InChI is InChI=1S/C17H17FN4O/c18-17-13(6-7-15-14(17)10-21-22-15)12(4-1-5-16(19)23)11-3-2-8-20-9-11/h2-3,6-10,12H,1,4-5H2,(H2,19,23)(H,21,22). The van der Waals surface area contributed by atoms with Crippen molar-refractivity contribution in [2.24, 2.45) is 5.73 Å². The van der Waals surface area contributed by atoms with E-state index in [1.54, 1.807) is 18.5 Å². The van der Waals surface area contributed by atoms with E-state index in [1.165, 1.54) is 6.20 Å². The highest BCUT2D eigenvalue weighted by Crippen LogP contribution is 2.33. The van der Waals surface area contributed by atoms with E-state index < -0.39 is 0 Å². The molecule has 0 bridgehead atoms. The Balaban J connectivity index is 1.98. The predicted molar refractivity (Wildman–Crippen MR) is 85.2 cm³/mol. The molecule has 0 aliphatic heterocycles. The molecule has 0 radical (unpaired) electrons. The van der Waals surface area contributed by atoms with E-state index in [1.807, 2.05) is 18.2 Å². The number of aromatic nitrogens is 3. The van der Waals surface area contributed by atoms with Crippen LogP contribution in [0.4, 0.5) is 4.39 Å². The number of pyridine rings is 1. The summed E-state index contributed by atoms with van der Waals surface area (Å²) in [4.78, 5) is 15.1. The molecule has 1 amide bonds. The molecule has 6 heteroatoms. The Kier molecular flexibility index (Phi) is 4.32. The van der Waals surface area contributed by atoms with Gasteiger partial charge in [0, 0.05) is 24.7 Å². The van der Waals surface area contributed by atoms with Crippen molar-refractivity contribution in [3.05, 3.63) is 59.8 Å². The maximum absolute atomic E-state index is 14.9. The Morgan fingerprint density at radius 1 is 1.30 bits per heavy atom. The van der Waals surface area contributed by atoms with Crippen molar-refractivity contribution < 1.29 is 9.18 Å². The summed E-state index contributed by atoms with van der Waals surface area (Å²) in [6.07, 6.45) is 6.39. The average Bonchev–Trinajstić information content (AvgIpc) is 3.03. The Morgan fingerprint density at radius 3 is 2.91 bits per heavy atom. The van der Waals surface area contributed by atoms with Gasteiger partial charge in [-0.2, -0.15) is 5.10 Å². The van der Waals surface area contributed by atoms with E-state index in [9.17, 15) is 9.18 Å². The van der Waals surface area contributed by atoms with Gasteiger partial charge in [0.2, 0.25) is 5.91 Å². The van der Waals surface area contributed by atoms with Crippen LogP contribution in [-0.2, 0) is 4.79 Å². The highest BCUT2D eigenvalue weighted by Gasteiger charge is 2.20. The molecule has 0 spiro atoms. The van der Waals surface area contributed by atoms with Crippen molar-refractivity contribution in [1.29, 1.82) is 0 Å². The summed E-state index contributed by atoms with van der Waals surface area (Å²) in [6, 6.07) is 7.32. The summed E-state index contributed by atoms with van der Waals surface area (Å²) in [5, 5.41) is 7.11. The third-order valence-corrected chi connectivity index (χ3v) is 3.97. The number of aromatic amines is 1. The predicted octanol–water partition coefficient (Wildman–Crippen LogP) is 2.88. The minimum Gasteiger partial charge on any atom is -0.370 e. The van der Waals surface area contributed by atoms with E-state index >= 15 is 0 Å². The van der Waals surface area contributed by atoms with Crippen molar-refractivity contribution >= 4 is 16.8 Å². The lowest BCUT2D eigenvalue weighted by molar-refractivity contribution is -0.118. The Hall–Kier alpha value is -2.76. The normalized spacial score (nSPS) is 12.4. The molecule has 0 aliphatic rings. The molecule has 5 nitrogen and oxygen atoms in total. The van der Waals surface area contributed by atoms with Gasteiger partial charge in [-0.25, -0.2) is 4.39 Å². The molecule has 0 saturated heterocycles. The SMILES string of the molecule is NC(=O)CCCC(c1cccnc1)c1ccc2[nH]ncc2c1F. The van der Waals surface area contributed by atoms with Gasteiger partial charge in [0.15, 0.2) is 0 Å². The molecule has 2 heterocycles. The molecule has 23 heavy (non-hydrogen) atoms. The number of hydrogen-bond donors (Lipinski definition) is 2. The molecule has 0 aliphatic carbocycles. The van der Waals surface area contributed by atoms with Crippen LogP contribution in [0.1, 0.15) is 36.3 Å². The zero-order chi connectivity index (χ0) is 16.2. The number of hydrogen-bond acceptors (Lipinski definition) is 3. The summed E-state index contributed by atoms with van der Waals surface area (Å²) < 4.78 is 14.9. The number of carbonyl (C=O) groups excluding carboxylic acids is 1. The van der Waals surface area contributed by atoms with Crippen LogP contribution in [0.5, 0.6) is 0 Å². The summed E-state index contributed by atoms with van der Waals surface area (Å²) in [7, 11) is 0. The Bertz CT molecular complexity index is 816. The number of nitrogens with two attached hydrogens (primary N) is 1. The number of carbonyl (C=O) groups is 1. The van der Waals surface area contributed by atoms with Crippen LogP contribution < -0.4 is 5.73 Å². The molecular weight excluding hydrogens is 295 g/mol. The second kappa shape index (κ2) is 6.56. The summed E-state index contributed by atoms with van der Waals surface area (Å²) in [5.74, 6) is -0.813. The van der Waals surface area contributed by atoms with Crippen LogP contribution in [0.25, 0.3) is 10.9 Å². The van der Waals surface area contributed by atoms with E-state index in [-0.39, 0.29) is 24.1 Å². The molecule has 0 fully saturated rings. The largest absolute Gasteiger partial charge is 0.370 e. The van der Waals surface area contributed by atoms with Crippen molar-refractivity contribution in [3.8, 4) is 0 Å². The van der Waals surface area contributed by atoms with Gasteiger partial charge in [-0.1, -0.05) is 12.1 Å². The van der Waals surface area contributed by atoms with Gasteiger partial charge in [0.05, 0.1) is 17.1 Å². The van der Waals surface area contributed by atoms with Gasteiger partial charge in [-0.3, -0.25) is 14.9 Å². The first kappa shape index (κ1) is 15.1. The minimum atomic E-state index is -0.347. The molecule has 1 unspecified atom stereocenters. The topological polar surface area (TPSA) is 84.7 Å². The number of halogens is 1. The van der Waals surface area contributed by atoms with Gasteiger partial charge in [0.25, 0.3) is 0 Å². The third-order valence-electron chi connectivity index (χ3n) is 3.97. The zero-order valence-corrected chi connectivity index (χ0v) is 12.5. The van der Waals surface area contributed by atoms with E-state index in [0.29, 0.717) is 29.3 Å². The van der Waals surface area contributed by atoms with Gasteiger partial charge >= 0.3 is 0 Å². The number of amides is 1. The van der Waals surface area contributed by atoms with Gasteiger partial charge < -0.3 is 5.73 Å². The second-order valence-electron chi connectivity index (χ2n) is 5.50. The van der Waals surface area contributed by atoms with Crippen molar-refractivity contribution in [3.63, 3.8) is 0 Å². The third kappa shape index (κ3) is 3.21. The highest BCUT2D eigenvalue weighted by molar-refractivity contribution is 5.79. The first-order valence-electron chi connectivity index (χ1n) is 7.46. The number of benzene rings is 1. The summed E-state index contributed by atoms with van der Waals surface area (Å²) >= 11 is 0. The van der Waals surface area contributed by atoms with E-state index in [4.69, 9.17) is 5.73 Å². The summed E-state index contributed by atoms with van der Waals surface area (Å²) in [5.41, 5.74) is 7.36. The van der Waals surface area contributed by atoms with Crippen LogP contribution in [0, 0.1) is 5.82 Å². The fourth-order valence-corrected chi connectivity index (χ4v) is 2.83. The monoisotopic (exact) mass is 312 g/mol. The fourth-order valence-electron chi connectivity index (χ4n) is 2.83. The molecular formula is C17H17FN4O. The lowest BCUT2D eigenvalue weighted by Gasteiger charge is -2.18. The van der Waals surface area contributed by atoms with Crippen molar-refractivity contribution in [1.82, 2.24) is 15.2 Å². The number of fused-ring (bicyclic) bond motifs is 1. The quantitative estimate of drug-likeness (QED) is 0.734. The minimum absolute atomic E-state index is 0.178. The average molecular weight is 312 g/mol. The van der Waals surface area contributed by atoms with E-state index in [0.717, 1.165) is 5.56 Å². The molecule has 3 N–H and O–H groups in total. The van der Waals surface area contributed by atoms with Crippen LogP contribution in [0.15, 0.2) is 42.9 Å². The lowest BCUT2D eigenvalue weighted by atomic mass is 9.87. The first-order valence-corrected chi connectivity index (χ1v) is 7.46. The number of primary amides is 1. The van der Waals surface area contributed by atoms with Gasteiger partial charge in [-0.05, 0) is 36.1 Å². The number of nitrogens with zero attached hydrogens (tertiary/aromatic N) is 2. The molecule has 3 rings (SSSR count). The van der Waals surface area contributed by atoms with Crippen molar-refractivity contribution in [2.75, 3.05) is 0 Å². The second-order valence-corrected chi connectivity index (χ2v) is 5.50. The highest BCUT2D eigenvalue weighted by atomic mass is 19.1. The van der Waals surface area contributed by atoms with Crippen LogP contribution in [0.2, 0.25) is 0 Å². The first-order chi connectivity index (χ1) is 11.2. The molecule has 0 saturated carbocycles. The zero-order valence-electron chi connectivity index (χ0n) is 12.5. The van der Waals surface area contributed by atoms with Gasteiger partial charge in [-0.15, -0.1) is 0 Å². The van der Waals surface area contributed by atoms with Crippen molar-refractivity contribution in [2.45, 2.75) is 25.2 Å². The number of H-pyrrole nitrogens is 1. The molecule has 2 aromatic heterocycles. The van der Waals surface area contributed by atoms with Crippen LogP contribution in [0.3, 0.4) is 0 Å².